The highest BCUT2D eigenvalue weighted by Gasteiger charge is 2.33. The van der Waals surface area contributed by atoms with Crippen LogP contribution in [0, 0.1) is 13.8 Å². The van der Waals surface area contributed by atoms with Gasteiger partial charge in [-0.25, -0.2) is 9.50 Å². The van der Waals surface area contributed by atoms with Gasteiger partial charge in [-0.1, -0.05) is 5.16 Å². The van der Waals surface area contributed by atoms with Crippen molar-refractivity contribution in [2.75, 3.05) is 7.11 Å². The number of imidazole rings is 1. The third-order valence-corrected chi connectivity index (χ3v) is 4.24. The molecule has 0 spiro atoms. The van der Waals surface area contributed by atoms with Gasteiger partial charge in [-0.2, -0.15) is 23.3 Å². The van der Waals surface area contributed by atoms with Crippen molar-refractivity contribution in [2.45, 2.75) is 20.0 Å². The molecule has 28 heavy (non-hydrogen) atoms. The van der Waals surface area contributed by atoms with E-state index in [1.807, 2.05) is 26.0 Å². The van der Waals surface area contributed by atoms with Gasteiger partial charge in [-0.05, 0) is 49.2 Å². The third kappa shape index (κ3) is 3.06. The zero-order valence-electron chi connectivity index (χ0n) is 15.1. The lowest BCUT2D eigenvalue weighted by Crippen LogP contribution is -2.10. The second-order valence-electron chi connectivity index (χ2n) is 6.21. The number of alkyl halides is 3. The van der Waals surface area contributed by atoms with Gasteiger partial charge in [0.15, 0.2) is 11.3 Å². The van der Waals surface area contributed by atoms with Crippen molar-refractivity contribution >= 4 is 5.65 Å². The Kier molecular flexibility index (Phi) is 4.06. The van der Waals surface area contributed by atoms with Crippen molar-refractivity contribution < 1.29 is 22.4 Å². The lowest BCUT2D eigenvalue weighted by molar-refractivity contribution is -0.141. The molecule has 10 heteroatoms. The molecule has 144 valence electrons. The van der Waals surface area contributed by atoms with Crippen LogP contribution in [0.25, 0.3) is 28.6 Å². The van der Waals surface area contributed by atoms with E-state index in [0.29, 0.717) is 5.82 Å². The van der Waals surface area contributed by atoms with Crippen molar-refractivity contribution in [3.63, 3.8) is 0 Å². The predicted octanol–water partition coefficient (Wildman–Crippen LogP) is 4.09. The fraction of sp³-hybridized carbons (Fsp3) is 0.222. The molecule has 0 aliphatic rings. The highest BCUT2D eigenvalue weighted by molar-refractivity contribution is 5.65. The second-order valence-corrected chi connectivity index (χ2v) is 6.21. The molecule has 0 radical (unpaired) electrons. The maximum absolute atomic E-state index is 12.8. The second kappa shape index (κ2) is 6.32. The number of aryl methyl sites for hydroxylation is 2. The number of ether oxygens (including phenoxy) is 1. The Morgan fingerprint density at radius 2 is 1.86 bits per heavy atom. The molecular weight excluding hydrogens is 375 g/mol. The zero-order valence-corrected chi connectivity index (χ0v) is 15.1. The van der Waals surface area contributed by atoms with Gasteiger partial charge in [0.2, 0.25) is 5.82 Å². The van der Waals surface area contributed by atoms with Gasteiger partial charge in [-0.3, -0.25) is 0 Å². The van der Waals surface area contributed by atoms with Crippen LogP contribution in [-0.2, 0) is 6.18 Å². The summed E-state index contributed by atoms with van der Waals surface area (Å²) < 4.78 is 50.0. The number of halogens is 3. The van der Waals surface area contributed by atoms with Crippen molar-refractivity contribution in [1.82, 2.24) is 24.7 Å². The minimum Gasteiger partial charge on any atom is -0.496 e. The molecule has 0 saturated heterocycles. The van der Waals surface area contributed by atoms with E-state index in [1.165, 1.54) is 12.3 Å². The number of benzene rings is 1. The third-order valence-electron chi connectivity index (χ3n) is 4.24. The summed E-state index contributed by atoms with van der Waals surface area (Å²) in [6, 6.07) is 5.85. The number of hydrogen-bond donors (Lipinski definition) is 0. The molecule has 0 amide bonds. The first kappa shape index (κ1) is 18.0. The quantitative estimate of drug-likeness (QED) is 0.525. The summed E-state index contributed by atoms with van der Waals surface area (Å²) >= 11 is 0. The van der Waals surface area contributed by atoms with E-state index in [-0.39, 0.29) is 17.2 Å². The molecule has 0 aliphatic carbocycles. The van der Waals surface area contributed by atoms with Crippen LogP contribution in [-0.4, -0.2) is 31.8 Å². The highest BCUT2D eigenvalue weighted by atomic mass is 19.4. The van der Waals surface area contributed by atoms with Gasteiger partial charge in [-0.15, -0.1) is 0 Å². The normalized spacial score (nSPS) is 11.9. The molecule has 0 aliphatic heterocycles. The monoisotopic (exact) mass is 389 g/mol. The molecule has 4 rings (SSSR count). The van der Waals surface area contributed by atoms with Crippen molar-refractivity contribution in [3.8, 4) is 28.7 Å². The molecule has 0 fully saturated rings. The average molecular weight is 389 g/mol. The number of nitrogens with zero attached hydrogens (tertiary/aromatic N) is 5. The molecule has 0 atom stereocenters. The first-order valence-electron chi connectivity index (χ1n) is 8.19. The zero-order chi connectivity index (χ0) is 20.1. The molecular formula is C18H14F3N5O2. The number of methoxy groups -OCH3 is 1. The summed E-state index contributed by atoms with van der Waals surface area (Å²) in [5.41, 5.74) is 2.01. The maximum atomic E-state index is 12.8. The molecule has 4 aromatic rings. The molecule has 7 nitrogen and oxygen atoms in total. The van der Waals surface area contributed by atoms with Gasteiger partial charge in [0.25, 0.3) is 5.89 Å². The fourth-order valence-corrected chi connectivity index (χ4v) is 2.82. The fourth-order valence-electron chi connectivity index (χ4n) is 2.82. The van der Waals surface area contributed by atoms with Crippen LogP contribution in [0.4, 0.5) is 13.2 Å². The summed E-state index contributed by atoms with van der Waals surface area (Å²) in [5.74, 6) is 1.18. The van der Waals surface area contributed by atoms with Gasteiger partial charge in [0.1, 0.15) is 11.4 Å². The minimum atomic E-state index is -4.54. The molecule has 3 aromatic heterocycles. The largest absolute Gasteiger partial charge is 0.496 e. The molecule has 0 N–H and O–H groups in total. The van der Waals surface area contributed by atoms with E-state index in [2.05, 4.69) is 20.2 Å². The first-order valence-corrected chi connectivity index (χ1v) is 8.19. The summed E-state index contributed by atoms with van der Waals surface area (Å²) in [7, 11) is 1.59. The Labute approximate surface area is 156 Å². The Morgan fingerprint density at radius 3 is 2.57 bits per heavy atom. The average Bonchev–Trinajstić information content (AvgIpc) is 3.28. The van der Waals surface area contributed by atoms with Crippen molar-refractivity contribution in [2.24, 2.45) is 0 Å². The smallest absolute Gasteiger partial charge is 0.435 e. The van der Waals surface area contributed by atoms with E-state index >= 15 is 0 Å². The van der Waals surface area contributed by atoms with Crippen LogP contribution >= 0.6 is 0 Å². The summed E-state index contributed by atoms with van der Waals surface area (Å²) in [6.07, 6.45) is -3.23. The SMILES string of the molecule is COc1cc(C)c(-c2noc(-c3cn4nc(C(F)(F)F)ccc4n3)n2)cc1C. The molecule has 1 aromatic carbocycles. The topological polar surface area (TPSA) is 78.3 Å². The van der Waals surface area contributed by atoms with Crippen molar-refractivity contribution in [3.05, 3.63) is 47.3 Å². The van der Waals surface area contributed by atoms with Crippen LogP contribution in [0.3, 0.4) is 0 Å². The van der Waals surface area contributed by atoms with E-state index in [1.54, 1.807) is 7.11 Å². The predicted molar refractivity (Wildman–Crippen MR) is 92.7 cm³/mol. The lowest BCUT2D eigenvalue weighted by Gasteiger charge is -2.08. The maximum Gasteiger partial charge on any atom is 0.435 e. The standard InChI is InChI=1S/C18H14F3N5O2/c1-9-7-13(27-3)10(2)6-11(9)16-23-17(28-25-16)12-8-26-15(22-12)5-4-14(24-26)18(19,20)21/h4-8H,1-3H3. The van der Waals surface area contributed by atoms with Crippen LogP contribution in [0.5, 0.6) is 5.75 Å². The van der Waals surface area contributed by atoms with Crippen LogP contribution in [0.15, 0.2) is 35.0 Å². The van der Waals surface area contributed by atoms with E-state index in [0.717, 1.165) is 33.0 Å². The van der Waals surface area contributed by atoms with E-state index in [9.17, 15) is 13.2 Å². The molecule has 3 heterocycles. The molecule has 0 bridgehead atoms. The Morgan fingerprint density at radius 1 is 1.07 bits per heavy atom. The number of hydrogen-bond acceptors (Lipinski definition) is 6. The highest BCUT2D eigenvalue weighted by Crippen LogP contribution is 2.30. The minimum absolute atomic E-state index is 0.0851. The van der Waals surface area contributed by atoms with E-state index < -0.39 is 11.9 Å². The van der Waals surface area contributed by atoms with Gasteiger partial charge >= 0.3 is 6.18 Å². The number of rotatable bonds is 3. The van der Waals surface area contributed by atoms with Gasteiger partial charge < -0.3 is 9.26 Å². The van der Waals surface area contributed by atoms with E-state index in [4.69, 9.17) is 9.26 Å². The molecule has 0 saturated carbocycles. The van der Waals surface area contributed by atoms with Gasteiger partial charge in [0, 0.05) is 5.56 Å². The Bertz CT molecular complexity index is 1180. The molecule has 0 unspecified atom stereocenters. The Balaban J connectivity index is 1.73. The van der Waals surface area contributed by atoms with Gasteiger partial charge in [0.05, 0.1) is 13.3 Å². The van der Waals surface area contributed by atoms with Crippen molar-refractivity contribution in [1.29, 1.82) is 0 Å². The summed E-state index contributed by atoms with van der Waals surface area (Å²) in [5, 5.41) is 7.50. The van der Waals surface area contributed by atoms with Crippen LogP contribution in [0.2, 0.25) is 0 Å². The Hall–Kier alpha value is -3.43. The number of fused-ring (bicyclic) bond motifs is 1. The number of aromatic nitrogens is 5. The summed E-state index contributed by atoms with van der Waals surface area (Å²) in [6.45, 7) is 3.79. The van der Waals surface area contributed by atoms with Crippen LogP contribution in [0.1, 0.15) is 16.8 Å². The summed E-state index contributed by atoms with van der Waals surface area (Å²) in [4.78, 5) is 8.53. The van der Waals surface area contributed by atoms with Crippen LogP contribution < -0.4 is 4.74 Å². The lowest BCUT2D eigenvalue weighted by atomic mass is 10.0. The first-order chi connectivity index (χ1) is 13.3.